The molecule has 6 amide bonds. The Morgan fingerprint density at radius 1 is 0.679 bits per heavy atom. The van der Waals surface area contributed by atoms with Gasteiger partial charge in [0.1, 0.15) is 36.3 Å². The summed E-state index contributed by atoms with van der Waals surface area (Å²) in [5, 5.41) is 28.3. The highest BCUT2D eigenvalue weighted by Crippen LogP contribution is 2.27. The Morgan fingerprint density at radius 2 is 1.23 bits per heavy atom. The molecule has 2 heterocycles. The molecule has 0 aromatic heterocycles. The largest absolute Gasteiger partial charge is 0.390 e. The molecule has 0 radical (unpaired) electrons. The Hall–Kier alpha value is -3.59. The number of fused-ring (bicyclic) bond motifs is 1. The van der Waals surface area contributed by atoms with Crippen LogP contribution in [0.5, 0.6) is 0 Å². The van der Waals surface area contributed by atoms with E-state index in [0.29, 0.717) is 32.1 Å². The van der Waals surface area contributed by atoms with Gasteiger partial charge in [-0.2, -0.15) is 0 Å². The highest BCUT2D eigenvalue weighted by Gasteiger charge is 2.44. The van der Waals surface area contributed by atoms with Gasteiger partial charge in [-0.3, -0.25) is 33.6 Å². The van der Waals surface area contributed by atoms with E-state index in [0.717, 1.165) is 4.90 Å². The minimum Gasteiger partial charge on any atom is -0.390 e. The molecule has 2 fully saturated rings. The molecule has 15 heteroatoms. The second kappa shape index (κ2) is 21.2. The molecule has 11 unspecified atom stereocenters. The summed E-state index contributed by atoms with van der Waals surface area (Å²) in [6, 6.07) is -7.14. The predicted octanol–water partition coefficient (Wildman–Crippen LogP) is 1.96. The Labute approximate surface area is 334 Å². The monoisotopic (exact) mass is 793 g/mol. The number of rotatable bonds is 9. The van der Waals surface area contributed by atoms with E-state index in [4.69, 9.17) is 0 Å². The Morgan fingerprint density at radius 3 is 1.77 bits per heavy atom. The van der Waals surface area contributed by atoms with Crippen LogP contribution in [0.3, 0.4) is 0 Å². The summed E-state index contributed by atoms with van der Waals surface area (Å²) in [4.78, 5) is 104. The van der Waals surface area contributed by atoms with Crippen LogP contribution in [0.15, 0.2) is 0 Å². The van der Waals surface area contributed by atoms with Crippen molar-refractivity contribution in [1.82, 2.24) is 30.2 Å². The molecule has 320 valence electrons. The molecule has 2 rings (SSSR count). The molecule has 11 atom stereocenters. The molecular weight excluding hydrogens is 720 g/mol. The van der Waals surface area contributed by atoms with Gasteiger partial charge in [-0.15, -0.1) is 0 Å². The van der Waals surface area contributed by atoms with Crippen molar-refractivity contribution in [3.8, 4) is 0 Å². The number of likely N-dealkylation sites (N-methyl/N-ethyl adjacent to an activating group) is 3. The number of Topliss-reactive ketones (excluding diaryl/α,β-unsaturated/α-hetero) is 1. The molecular formula is C41H72N6O9. The molecule has 0 aliphatic carbocycles. The van der Waals surface area contributed by atoms with Gasteiger partial charge in [0.05, 0.1) is 12.2 Å². The summed E-state index contributed by atoms with van der Waals surface area (Å²) in [6.07, 6.45) is -0.0577. The third-order valence-corrected chi connectivity index (χ3v) is 12.4. The fourth-order valence-electron chi connectivity index (χ4n) is 7.48. The highest BCUT2D eigenvalue weighted by atomic mass is 16.3. The van der Waals surface area contributed by atoms with E-state index in [1.54, 1.807) is 34.6 Å². The fraction of sp³-hybridized carbons (Fsp3) is 0.829. The van der Waals surface area contributed by atoms with Gasteiger partial charge in [0.15, 0.2) is 5.78 Å². The maximum atomic E-state index is 14.3. The number of aliphatic hydroxyl groups excluding tert-OH is 2. The van der Waals surface area contributed by atoms with E-state index in [1.807, 2.05) is 27.7 Å². The first-order valence-electron chi connectivity index (χ1n) is 20.6. The fourth-order valence-corrected chi connectivity index (χ4v) is 7.48. The van der Waals surface area contributed by atoms with Crippen molar-refractivity contribution >= 4 is 41.2 Å². The number of piperidine rings is 1. The smallest absolute Gasteiger partial charge is 0.246 e. The molecule has 0 spiro atoms. The van der Waals surface area contributed by atoms with Crippen molar-refractivity contribution in [1.29, 1.82) is 0 Å². The molecule has 56 heavy (non-hydrogen) atoms. The summed E-state index contributed by atoms with van der Waals surface area (Å²) < 4.78 is 0. The van der Waals surface area contributed by atoms with Crippen LogP contribution < -0.4 is 10.6 Å². The van der Waals surface area contributed by atoms with Crippen LogP contribution in [0, 0.1) is 29.6 Å². The zero-order valence-electron chi connectivity index (χ0n) is 36.2. The van der Waals surface area contributed by atoms with Gasteiger partial charge in [-0.25, -0.2) is 0 Å². The summed E-state index contributed by atoms with van der Waals surface area (Å²) >= 11 is 0. The van der Waals surface area contributed by atoms with Gasteiger partial charge in [-0.1, -0.05) is 68.2 Å². The Bertz CT molecular complexity index is 1410. The Balaban J connectivity index is 2.83. The van der Waals surface area contributed by atoms with E-state index in [9.17, 15) is 43.8 Å². The van der Waals surface area contributed by atoms with E-state index < -0.39 is 107 Å². The van der Waals surface area contributed by atoms with Crippen LogP contribution in [-0.2, 0) is 33.6 Å². The predicted molar refractivity (Wildman–Crippen MR) is 213 cm³/mol. The van der Waals surface area contributed by atoms with Crippen molar-refractivity contribution < 1.29 is 43.8 Å². The van der Waals surface area contributed by atoms with Crippen molar-refractivity contribution in [2.75, 3.05) is 27.7 Å². The van der Waals surface area contributed by atoms with Crippen LogP contribution >= 0.6 is 0 Å². The van der Waals surface area contributed by atoms with Crippen molar-refractivity contribution in [2.45, 2.75) is 163 Å². The highest BCUT2D eigenvalue weighted by molar-refractivity contribution is 5.98. The van der Waals surface area contributed by atoms with Crippen molar-refractivity contribution in [3.63, 3.8) is 0 Å². The van der Waals surface area contributed by atoms with Gasteiger partial charge in [-0.05, 0) is 63.2 Å². The summed E-state index contributed by atoms with van der Waals surface area (Å²) in [5.74, 6) is -6.41. The van der Waals surface area contributed by atoms with Gasteiger partial charge in [0.2, 0.25) is 35.4 Å². The number of nitrogens with one attached hydrogen (secondary N) is 2. The van der Waals surface area contributed by atoms with E-state index in [2.05, 4.69) is 10.6 Å². The maximum Gasteiger partial charge on any atom is 0.246 e. The lowest BCUT2D eigenvalue weighted by molar-refractivity contribution is -0.153. The number of carbonyl (C=O) groups excluding carboxylic acids is 7. The maximum absolute atomic E-state index is 14.3. The van der Waals surface area contributed by atoms with Gasteiger partial charge >= 0.3 is 0 Å². The molecule has 0 bridgehead atoms. The van der Waals surface area contributed by atoms with E-state index >= 15 is 0 Å². The topological polar surface area (TPSA) is 197 Å². The van der Waals surface area contributed by atoms with Crippen molar-refractivity contribution in [2.24, 2.45) is 29.6 Å². The number of aliphatic hydroxyl groups is 2. The second-order valence-corrected chi connectivity index (χ2v) is 17.1. The second-order valence-electron chi connectivity index (χ2n) is 17.1. The van der Waals surface area contributed by atoms with Crippen LogP contribution in [0.1, 0.15) is 114 Å². The number of ketones is 1. The normalized spacial score (nSPS) is 29.8. The van der Waals surface area contributed by atoms with Crippen LogP contribution in [-0.4, -0.2) is 147 Å². The minimum absolute atomic E-state index is 0.0314. The zero-order chi connectivity index (χ0) is 42.9. The van der Waals surface area contributed by atoms with E-state index in [-0.39, 0.29) is 31.2 Å². The molecule has 0 aromatic rings. The third-order valence-electron chi connectivity index (χ3n) is 12.4. The summed E-state index contributed by atoms with van der Waals surface area (Å²) in [5.41, 5.74) is 0. The first-order chi connectivity index (χ1) is 26.0. The first kappa shape index (κ1) is 48.6. The Kier molecular flexibility index (Phi) is 18.4. The van der Waals surface area contributed by atoms with Crippen LogP contribution in [0.4, 0.5) is 0 Å². The minimum atomic E-state index is -1.45. The molecule has 0 saturated carbocycles. The van der Waals surface area contributed by atoms with Gasteiger partial charge in [0.25, 0.3) is 0 Å². The van der Waals surface area contributed by atoms with Gasteiger partial charge in [0, 0.05) is 40.0 Å². The zero-order valence-corrected chi connectivity index (χ0v) is 36.2. The molecule has 2 aliphatic rings. The number of amides is 6. The lowest BCUT2D eigenvalue weighted by atomic mass is 9.83. The molecule has 2 saturated heterocycles. The molecule has 2 aliphatic heterocycles. The first-order valence-corrected chi connectivity index (χ1v) is 20.6. The average Bonchev–Trinajstić information content (AvgIpc) is 3.17. The number of nitrogens with zero attached hydrogens (tertiary/aromatic N) is 4. The standard InChI is InChI=1S/C41H72N6O9/c1-14-24(7)20-29-41(56)45(12)27(10)39(54)47-19-17-16-18-30(47)36(51)43-32(34(49)22(3)4)31(48)21-28(25(8)15-2)40(55)44(11)26(9)38(53)46(13)33(37(52)42-29)35(50)23(5)6/h22-30,32-35,49-50H,14-21H2,1-13H3,(H,42,52)(H,43,51). The summed E-state index contributed by atoms with van der Waals surface area (Å²) in [6.45, 7) is 17.7. The number of hydrogen-bond donors (Lipinski definition) is 4. The third kappa shape index (κ3) is 11.5. The van der Waals surface area contributed by atoms with Gasteiger partial charge < -0.3 is 40.4 Å². The SMILES string of the molecule is CCC(C)CC1NC(=O)C(C(O)C(C)C)N(C)C(=O)C(C)N(C)C(=O)C(C(C)CC)CC(=O)C(C(O)C(C)C)NC(=O)C2CCCCN2C(=O)C(C)N(C)C1=O. The van der Waals surface area contributed by atoms with Crippen molar-refractivity contribution in [3.05, 3.63) is 0 Å². The lowest BCUT2D eigenvalue weighted by Gasteiger charge is -2.40. The quantitative estimate of drug-likeness (QED) is 0.270. The van der Waals surface area contributed by atoms with Crippen LogP contribution in [0.2, 0.25) is 0 Å². The number of carbonyl (C=O) groups is 7. The average molecular weight is 793 g/mol. The lowest BCUT2D eigenvalue weighted by Crippen LogP contribution is -2.62. The molecule has 0 aromatic carbocycles. The van der Waals surface area contributed by atoms with Crippen LogP contribution in [0.25, 0.3) is 0 Å². The molecule has 4 N–H and O–H groups in total. The summed E-state index contributed by atoms with van der Waals surface area (Å²) in [7, 11) is 4.27. The molecule has 15 nitrogen and oxygen atoms in total. The number of hydrogen-bond acceptors (Lipinski definition) is 9. The van der Waals surface area contributed by atoms with E-state index in [1.165, 1.54) is 42.8 Å².